The molecule has 3 heterocycles. The Morgan fingerprint density at radius 2 is 2.17 bits per heavy atom. The van der Waals surface area contributed by atoms with Crippen LogP contribution in [0.25, 0.3) is 11.1 Å². The van der Waals surface area contributed by atoms with Crippen LogP contribution in [0.3, 0.4) is 0 Å². The molecule has 3 rings (SSSR count). The van der Waals surface area contributed by atoms with Crippen molar-refractivity contribution in [2.24, 2.45) is 0 Å². The SMILES string of the molecule is Cc1noc(C)c1CC(=O)NCCn1cc(-c2cccnc2)cn1. The van der Waals surface area contributed by atoms with Crippen molar-refractivity contribution in [3.8, 4) is 11.1 Å². The molecule has 0 unspecified atom stereocenters. The van der Waals surface area contributed by atoms with Crippen LogP contribution >= 0.6 is 0 Å². The molecule has 0 aliphatic carbocycles. The van der Waals surface area contributed by atoms with E-state index in [0.717, 1.165) is 22.4 Å². The summed E-state index contributed by atoms with van der Waals surface area (Å²) in [6.07, 6.45) is 7.55. The number of nitrogens with zero attached hydrogens (tertiary/aromatic N) is 4. The number of hydrogen-bond donors (Lipinski definition) is 1. The van der Waals surface area contributed by atoms with Gasteiger partial charge in [0.05, 0.1) is 24.9 Å². The number of aromatic nitrogens is 4. The van der Waals surface area contributed by atoms with Gasteiger partial charge in [0.25, 0.3) is 0 Å². The molecule has 1 N–H and O–H groups in total. The predicted molar refractivity (Wildman–Crippen MR) is 88.1 cm³/mol. The minimum absolute atomic E-state index is 0.0518. The van der Waals surface area contributed by atoms with Gasteiger partial charge in [0.2, 0.25) is 5.91 Å². The summed E-state index contributed by atoms with van der Waals surface area (Å²) in [5, 5.41) is 11.1. The van der Waals surface area contributed by atoms with Gasteiger partial charge in [0.15, 0.2) is 0 Å². The molecule has 3 aromatic heterocycles. The van der Waals surface area contributed by atoms with Crippen molar-refractivity contribution >= 4 is 5.91 Å². The van der Waals surface area contributed by atoms with Gasteiger partial charge in [-0.05, 0) is 19.9 Å². The van der Waals surface area contributed by atoms with Crippen molar-refractivity contribution in [2.45, 2.75) is 26.8 Å². The number of hydrogen-bond acceptors (Lipinski definition) is 5. The third kappa shape index (κ3) is 3.68. The van der Waals surface area contributed by atoms with Crippen LogP contribution in [-0.2, 0) is 17.8 Å². The summed E-state index contributed by atoms with van der Waals surface area (Å²) < 4.78 is 6.87. The second kappa shape index (κ2) is 7.08. The molecule has 0 fully saturated rings. The lowest BCUT2D eigenvalue weighted by Crippen LogP contribution is -2.29. The highest BCUT2D eigenvalue weighted by atomic mass is 16.5. The van der Waals surface area contributed by atoms with Crippen LogP contribution in [0.1, 0.15) is 17.0 Å². The summed E-state index contributed by atoms with van der Waals surface area (Å²) in [5.41, 5.74) is 3.64. The van der Waals surface area contributed by atoms with E-state index in [9.17, 15) is 4.79 Å². The largest absolute Gasteiger partial charge is 0.361 e. The minimum Gasteiger partial charge on any atom is -0.361 e. The van der Waals surface area contributed by atoms with Crippen LogP contribution in [0.15, 0.2) is 41.4 Å². The zero-order valence-electron chi connectivity index (χ0n) is 13.7. The topological polar surface area (TPSA) is 85.8 Å². The molecule has 0 aliphatic rings. The first-order valence-corrected chi connectivity index (χ1v) is 7.75. The average molecular weight is 325 g/mol. The van der Waals surface area contributed by atoms with Crippen molar-refractivity contribution in [1.82, 2.24) is 25.2 Å². The molecule has 3 aromatic rings. The lowest BCUT2D eigenvalue weighted by molar-refractivity contribution is -0.120. The van der Waals surface area contributed by atoms with E-state index in [-0.39, 0.29) is 12.3 Å². The van der Waals surface area contributed by atoms with Crippen LogP contribution in [0.4, 0.5) is 0 Å². The molecular formula is C17H19N5O2. The summed E-state index contributed by atoms with van der Waals surface area (Å²) in [5.74, 6) is 0.639. The van der Waals surface area contributed by atoms with E-state index in [1.54, 1.807) is 23.3 Å². The van der Waals surface area contributed by atoms with Gasteiger partial charge in [0, 0.05) is 41.8 Å². The molecule has 124 valence electrons. The molecule has 0 spiro atoms. The Labute approximate surface area is 139 Å². The maximum Gasteiger partial charge on any atom is 0.224 e. The van der Waals surface area contributed by atoms with Gasteiger partial charge in [0.1, 0.15) is 5.76 Å². The van der Waals surface area contributed by atoms with E-state index in [0.29, 0.717) is 18.8 Å². The molecule has 0 saturated heterocycles. The van der Waals surface area contributed by atoms with E-state index in [1.165, 1.54) is 0 Å². The molecule has 0 saturated carbocycles. The highest BCUT2D eigenvalue weighted by Crippen LogP contribution is 2.16. The average Bonchev–Trinajstić information content (AvgIpc) is 3.18. The van der Waals surface area contributed by atoms with Crippen LogP contribution < -0.4 is 5.32 Å². The number of rotatable bonds is 6. The van der Waals surface area contributed by atoms with E-state index >= 15 is 0 Å². The molecular weight excluding hydrogens is 306 g/mol. The summed E-state index contributed by atoms with van der Waals surface area (Å²) in [7, 11) is 0. The lowest BCUT2D eigenvalue weighted by atomic mass is 10.1. The lowest BCUT2D eigenvalue weighted by Gasteiger charge is -2.05. The molecule has 7 nitrogen and oxygen atoms in total. The van der Waals surface area contributed by atoms with Crippen LogP contribution in [0.2, 0.25) is 0 Å². The molecule has 24 heavy (non-hydrogen) atoms. The Morgan fingerprint density at radius 1 is 1.29 bits per heavy atom. The summed E-state index contributed by atoms with van der Waals surface area (Å²) in [6.45, 7) is 4.76. The Hall–Kier alpha value is -2.96. The maximum absolute atomic E-state index is 12.0. The molecule has 0 aliphatic heterocycles. The van der Waals surface area contributed by atoms with Crippen molar-refractivity contribution in [3.63, 3.8) is 0 Å². The van der Waals surface area contributed by atoms with Crippen molar-refractivity contribution < 1.29 is 9.32 Å². The number of carbonyl (C=O) groups is 1. The van der Waals surface area contributed by atoms with Crippen molar-refractivity contribution in [3.05, 3.63) is 53.9 Å². The van der Waals surface area contributed by atoms with Gasteiger partial charge < -0.3 is 9.84 Å². The van der Waals surface area contributed by atoms with Gasteiger partial charge in [-0.3, -0.25) is 14.5 Å². The molecule has 7 heteroatoms. The second-order valence-corrected chi connectivity index (χ2v) is 5.56. The highest BCUT2D eigenvalue weighted by molar-refractivity contribution is 5.78. The molecule has 0 bridgehead atoms. The monoisotopic (exact) mass is 325 g/mol. The summed E-state index contributed by atoms with van der Waals surface area (Å²) in [4.78, 5) is 16.1. The van der Waals surface area contributed by atoms with Gasteiger partial charge in [-0.15, -0.1) is 0 Å². The number of carbonyl (C=O) groups excluding carboxylic acids is 1. The fourth-order valence-corrected chi connectivity index (χ4v) is 2.46. The number of amides is 1. The molecule has 1 amide bonds. The standard InChI is InChI=1S/C17H19N5O2/c1-12-16(13(2)24-21-12)8-17(23)19-6-7-22-11-15(10-20-22)14-4-3-5-18-9-14/h3-5,9-11H,6-8H2,1-2H3,(H,19,23). The zero-order valence-corrected chi connectivity index (χ0v) is 13.7. The quantitative estimate of drug-likeness (QED) is 0.748. The molecule has 0 radical (unpaired) electrons. The van der Waals surface area contributed by atoms with Crippen LogP contribution in [0.5, 0.6) is 0 Å². The van der Waals surface area contributed by atoms with E-state index in [2.05, 4.69) is 20.6 Å². The number of nitrogens with one attached hydrogen (secondary N) is 1. The predicted octanol–water partition coefficient (Wildman–Crippen LogP) is 1.91. The third-order valence-corrected chi connectivity index (χ3v) is 3.81. The maximum atomic E-state index is 12.0. The first kappa shape index (κ1) is 15.9. The Bertz CT molecular complexity index is 803. The summed E-state index contributed by atoms with van der Waals surface area (Å²) in [6, 6.07) is 3.88. The Morgan fingerprint density at radius 3 is 2.88 bits per heavy atom. The molecule has 0 atom stereocenters. The van der Waals surface area contributed by atoms with Crippen LogP contribution in [0, 0.1) is 13.8 Å². The zero-order chi connectivity index (χ0) is 16.9. The smallest absolute Gasteiger partial charge is 0.224 e. The second-order valence-electron chi connectivity index (χ2n) is 5.56. The number of pyridine rings is 1. The first-order chi connectivity index (χ1) is 11.6. The van der Waals surface area contributed by atoms with E-state index < -0.39 is 0 Å². The Balaban J connectivity index is 1.50. The molecule has 0 aromatic carbocycles. The summed E-state index contributed by atoms with van der Waals surface area (Å²) >= 11 is 0. The third-order valence-electron chi connectivity index (χ3n) is 3.81. The Kier molecular flexibility index (Phi) is 4.69. The van der Waals surface area contributed by atoms with Gasteiger partial charge >= 0.3 is 0 Å². The fraction of sp³-hybridized carbons (Fsp3) is 0.294. The number of aryl methyl sites for hydroxylation is 2. The highest BCUT2D eigenvalue weighted by Gasteiger charge is 2.13. The van der Waals surface area contributed by atoms with Crippen LogP contribution in [-0.4, -0.2) is 32.4 Å². The van der Waals surface area contributed by atoms with E-state index in [4.69, 9.17) is 4.52 Å². The van der Waals surface area contributed by atoms with Gasteiger partial charge in [-0.1, -0.05) is 11.2 Å². The fourth-order valence-electron chi connectivity index (χ4n) is 2.46. The van der Waals surface area contributed by atoms with Gasteiger partial charge in [-0.25, -0.2) is 0 Å². The van der Waals surface area contributed by atoms with Crippen molar-refractivity contribution in [1.29, 1.82) is 0 Å². The normalized spacial score (nSPS) is 10.8. The minimum atomic E-state index is -0.0518. The van der Waals surface area contributed by atoms with Crippen molar-refractivity contribution in [2.75, 3.05) is 6.54 Å². The first-order valence-electron chi connectivity index (χ1n) is 7.75. The van der Waals surface area contributed by atoms with E-state index in [1.807, 2.05) is 32.2 Å². The van der Waals surface area contributed by atoms with Gasteiger partial charge in [-0.2, -0.15) is 5.10 Å².